The van der Waals surface area contributed by atoms with Gasteiger partial charge in [-0.25, -0.2) is 0 Å². The van der Waals surface area contributed by atoms with Crippen molar-refractivity contribution in [3.63, 3.8) is 0 Å². The molecule has 0 N–H and O–H groups in total. The van der Waals surface area contributed by atoms with E-state index in [4.69, 9.17) is 0 Å². The highest BCUT2D eigenvalue weighted by molar-refractivity contribution is 4.65. The van der Waals surface area contributed by atoms with E-state index in [9.17, 15) is 0 Å². The fourth-order valence-corrected chi connectivity index (χ4v) is 1.71. The van der Waals surface area contributed by atoms with E-state index in [-0.39, 0.29) is 0 Å². The minimum absolute atomic E-state index is 1.11. The van der Waals surface area contributed by atoms with E-state index >= 15 is 0 Å². The lowest BCUT2D eigenvalue weighted by Gasteiger charge is -2.03. The van der Waals surface area contributed by atoms with E-state index in [1.807, 2.05) is 13.8 Å². The van der Waals surface area contributed by atoms with Crippen LogP contribution in [0.1, 0.15) is 59.3 Å². The third kappa shape index (κ3) is 3.92. The van der Waals surface area contributed by atoms with E-state index < -0.39 is 0 Å². The van der Waals surface area contributed by atoms with Gasteiger partial charge < -0.3 is 0 Å². The van der Waals surface area contributed by atoms with Crippen LogP contribution in [0.4, 0.5) is 0 Å². The van der Waals surface area contributed by atoms with E-state index in [0.717, 1.165) is 5.92 Å². The minimum atomic E-state index is 1.11. The topological polar surface area (TPSA) is 0 Å². The lowest BCUT2D eigenvalue weighted by molar-refractivity contribution is 0.496. The summed E-state index contributed by atoms with van der Waals surface area (Å²) in [5.41, 5.74) is 0. The Bertz CT molecular complexity index is 51.1. The summed E-state index contributed by atoms with van der Waals surface area (Å²) in [7, 11) is 0. The number of rotatable bonds is 2. The molecule has 0 radical (unpaired) electrons. The Morgan fingerprint density at radius 3 is 2.00 bits per heavy atom. The second-order valence-corrected chi connectivity index (χ2v) is 2.94. The molecule has 62 valence electrons. The third-order valence-electron chi connectivity index (χ3n) is 2.17. The van der Waals surface area contributed by atoms with Crippen LogP contribution in [-0.4, -0.2) is 0 Å². The molecule has 0 aromatic carbocycles. The predicted octanol–water partition coefficient (Wildman–Crippen LogP) is 4.00. The Morgan fingerprint density at radius 1 is 1.10 bits per heavy atom. The zero-order chi connectivity index (χ0) is 7.82. The van der Waals surface area contributed by atoms with Crippen molar-refractivity contribution in [2.24, 2.45) is 5.92 Å². The first-order valence-electron chi connectivity index (χ1n) is 4.93. The summed E-state index contributed by atoms with van der Waals surface area (Å²) in [6, 6.07) is 0. The van der Waals surface area contributed by atoms with Crippen LogP contribution in [0.15, 0.2) is 0 Å². The molecular formula is C10H22. The Hall–Kier alpha value is 0. The van der Waals surface area contributed by atoms with Gasteiger partial charge in [0.15, 0.2) is 0 Å². The highest BCUT2D eigenvalue weighted by Crippen LogP contribution is 2.27. The van der Waals surface area contributed by atoms with Crippen molar-refractivity contribution in [1.29, 1.82) is 0 Å². The van der Waals surface area contributed by atoms with Gasteiger partial charge >= 0.3 is 0 Å². The highest BCUT2D eigenvalue weighted by Gasteiger charge is 2.12. The second kappa shape index (κ2) is 7.11. The SMILES string of the molecule is CC.CCCC1CCCC1. The third-order valence-corrected chi connectivity index (χ3v) is 2.17. The first-order valence-corrected chi connectivity index (χ1v) is 4.93. The normalized spacial score (nSPS) is 18.3. The van der Waals surface area contributed by atoms with E-state index in [1.165, 1.54) is 38.5 Å². The average molecular weight is 142 g/mol. The van der Waals surface area contributed by atoms with E-state index in [0.29, 0.717) is 0 Å². The molecule has 1 rings (SSSR count). The maximum Gasteiger partial charge on any atom is -0.0414 e. The molecule has 0 nitrogen and oxygen atoms in total. The van der Waals surface area contributed by atoms with Gasteiger partial charge in [-0.15, -0.1) is 0 Å². The van der Waals surface area contributed by atoms with E-state index in [2.05, 4.69) is 6.92 Å². The molecule has 1 saturated carbocycles. The molecule has 1 fully saturated rings. The molecule has 0 aromatic rings. The maximum atomic E-state index is 2.29. The van der Waals surface area contributed by atoms with Crippen LogP contribution in [0.2, 0.25) is 0 Å². The summed E-state index contributed by atoms with van der Waals surface area (Å²) >= 11 is 0. The molecule has 10 heavy (non-hydrogen) atoms. The van der Waals surface area contributed by atoms with Gasteiger partial charge in [-0.1, -0.05) is 59.3 Å². The van der Waals surface area contributed by atoms with Crippen molar-refractivity contribution in [3.8, 4) is 0 Å². The van der Waals surface area contributed by atoms with Crippen molar-refractivity contribution in [2.45, 2.75) is 59.3 Å². The highest BCUT2D eigenvalue weighted by atomic mass is 14.2. The molecule has 1 aliphatic rings. The van der Waals surface area contributed by atoms with Gasteiger partial charge in [0.25, 0.3) is 0 Å². The lowest BCUT2D eigenvalue weighted by Crippen LogP contribution is -1.89. The Kier molecular flexibility index (Phi) is 7.11. The molecule has 1 aliphatic carbocycles. The molecule has 0 heteroatoms. The van der Waals surface area contributed by atoms with Gasteiger partial charge in [0.1, 0.15) is 0 Å². The zero-order valence-electron chi connectivity index (χ0n) is 7.82. The molecule has 0 heterocycles. The van der Waals surface area contributed by atoms with Crippen molar-refractivity contribution in [1.82, 2.24) is 0 Å². The summed E-state index contributed by atoms with van der Waals surface area (Å²) in [5, 5.41) is 0. The van der Waals surface area contributed by atoms with Gasteiger partial charge in [-0.2, -0.15) is 0 Å². The second-order valence-electron chi connectivity index (χ2n) is 2.94. The molecule has 0 aliphatic heterocycles. The Morgan fingerprint density at radius 2 is 1.60 bits per heavy atom. The quantitative estimate of drug-likeness (QED) is 0.546. The first kappa shape index (κ1) is 10.0. The standard InChI is InChI=1S/C8H16.C2H6/c1-2-5-8-6-3-4-7-8;1-2/h8H,2-7H2,1H3;1-2H3. The average Bonchev–Trinajstić information content (AvgIpc) is 2.46. The van der Waals surface area contributed by atoms with Gasteiger partial charge in [0.05, 0.1) is 0 Å². The number of hydrogen-bond acceptors (Lipinski definition) is 0. The summed E-state index contributed by atoms with van der Waals surface area (Å²) in [5.74, 6) is 1.11. The smallest absolute Gasteiger partial charge is 0.0414 e. The minimum Gasteiger partial charge on any atom is -0.0683 e. The summed E-state index contributed by atoms with van der Waals surface area (Å²) in [4.78, 5) is 0. The van der Waals surface area contributed by atoms with Crippen LogP contribution >= 0.6 is 0 Å². The van der Waals surface area contributed by atoms with Crippen LogP contribution in [0.25, 0.3) is 0 Å². The van der Waals surface area contributed by atoms with Gasteiger partial charge in [0, 0.05) is 0 Å². The molecular weight excluding hydrogens is 120 g/mol. The van der Waals surface area contributed by atoms with Crippen LogP contribution in [0.3, 0.4) is 0 Å². The summed E-state index contributed by atoms with van der Waals surface area (Å²) < 4.78 is 0. The maximum absolute atomic E-state index is 2.29. The van der Waals surface area contributed by atoms with Crippen molar-refractivity contribution in [2.75, 3.05) is 0 Å². The van der Waals surface area contributed by atoms with Crippen molar-refractivity contribution >= 4 is 0 Å². The molecule has 0 atom stereocenters. The molecule has 0 saturated heterocycles. The van der Waals surface area contributed by atoms with Gasteiger partial charge in [-0.3, -0.25) is 0 Å². The van der Waals surface area contributed by atoms with E-state index in [1.54, 1.807) is 0 Å². The molecule has 0 unspecified atom stereocenters. The monoisotopic (exact) mass is 142 g/mol. The van der Waals surface area contributed by atoms with Crippen molar-refractivity contribution in [3.05, 3.63) is 0 Å². The summed E-state index contributed by atoms with van der Waals surface area (Å²) in [6.07, 6.45) is 8.93. The van der Waals surface area contributed by atoms with Crippen LogP contribution < -0.4 is 0 Å². The largest absolute Gasteiger partial charge is 0.0683 e. The van der Waals surface area contributed by atoms with Gasteiger partial charge in [0.2, 0.25) is 0 Å². The fourth-order valence-electron chi connectivity index (χ4n) is 1.71. The Labute approximate surface area is 66.0 Å². The van der Waals surface area contributed by atoms with Crippen LogP contribution in [-0.2, 0) is 0 Å². The van der Waals surface area contributed by atoms with Gasteiger partial charge in [-0.05, 0) is 5.92 Å². The zero-order valence-corrected chi connectivity index (χ0v) is 7.82. The van der Waals surface area contributed by atoms with Crippen molar-refractivity contribution < 1.29 is 0 Å². The first-order chi connectivity index (χ1) is 4.93. The van der Waals surface area contributed by atoms with Crippen LogP contribution in [0, 0.1) is 5.92 Å². The lowest BCUT2D eigenvalue weighted by atomic mass is 10.0. The molecule has 0 amide bonds. The molecule has 0 bridgehead atoms. The number of hydrogen-bond donors (Lipinski definition) is 0. The fraction of sp³-hybridized carbons (Fsp3) is 1.00. The van der Waals surface area contributed by atoms with Crippen LogP contribution in [0.5, 0.6) is 0 Å². The predicted molar refractivity (Wildman–Crippen MR) is 48.2 cm³/mol. The molecule has 0 aromatic heterocycles. The summed E-state index contributed by atoms with van der Waals surface area (Å²) in [6.45, 7) is 6.29. The Balaban J connectivity index is 0.000000371. The molecule has 0 spiro atoms.